The molecule has 1 N–H and O–H groups in total. The summed E-state index contributed by atoms with van der Waals surface area (Å²) in [5.41, 5.74) is 2.25. The normalized spacial score (nSPS) is 14.2. The zero-order chi connectivity index (χ0) is 21.1. The molecule has 0 unspecified atom stereocenters. The number of amides is 1. The van der Waals surface area contributed by atoms with Gasteiger partial charge in [0.15, 0.2) is 0 Å². The number of halogens is 3. The molecule has 1 amide bonds. The first-order valence-electron chi connectivity index (χ1n) is 9.83. The van der Waals surface area contributed by atoms with Gasteiger partial charge in [0.2, 0.25) is 0 Å². The van der Waals surface area contributed by atoms with Crippen molar-refractivity contribution in [3.63, 3.8) is 0 Å². The van der Waals surface area contributed by atoms with E-state index in [2.05, 4.69) is 15.3 Å². The van der Waals surface area contributed by atoms with Crippen molar-refractivity contribution in [2.24, 2.45) is 0 Å². The van der Waals surface area contributed by atoms with Crippen LogP contribution in [0.25, 0.3) is 16.9 Å². The summed E-state index contributed by atoms with van der Waals surface area (Å²) in [6, 6.07) is 12.8. The minimum atomic E-state index is -0.331. The Hall–Kier alpha value is -2.41. The van der Waals surface area contributed by atoms with Crippen LogP contribution < -0.4 is 5.32 Å². The lowest BCUT2D eigenvalue weighted by Crippen LogP contribution is -2.34. The van der Waals surface area contributed by atoms with Gasteiger partial charge in [-0.1, -0.05) is 23.2 Å². The fraction of sp³-hybridized carbons (Fsp3) is 0.273. The van der Waals surface area contributed by atoms with E-state index in [4.69, 9.17) is 23.2 Å². The van der Waals surface area contributed by atoms with Crippen LogP contribution in [0.15, 0.2) is 48.5 Å². The van der Waals surface area contributed by atoms with Crippen LogP contribution in [0.1, 0.15) is 23.3 Å². The highest BCUT2D eigenvalue weighted by Gasteiger charge is 2.19. The van der Waals surface area contributed by atoms with Gasteiger partial charge >= 0.3 is 0 Å². The Kier molecular flexibility index (Phi) is 6.37. The molecule has 2 aromatic carbocycles. The largest absolute Gasteiger partial charge is 0.349 e. The van der Waals surface area contributed by atoms with Gasteiger partial charge in [-0.15, -0.1) is 0 Å². The van der Waals surface area contributed by atoms with Crippen molar-refractivity contribution in [1.82, 2.24) is 20.0 Å². The number of nitrogens with one attached hydrogen (secondary N) is 1. The van der Waals surface area contributed by atoms with Crippen molar-refractivity contribution >= 4 is 29.1 Å². The van der Waals surface area contributed by atoms with Crippen LogP contribution in [-0.2, 0) is 0 Å². The molecule has 0 spiro atoms. The van der Waals surface area contributed by atoms with Crippen LogP contribution in [0.4, 0.5) is 4.39 Å². The average Bonchev–Trinajstić information content (AvgIpc) is 3.41. The van der Waals surface area contributed by atoms with Gasteiger partial charge in [-0.25, -0.2) is 9.07 Å². The molecule has 0 bridgehead atoms. The second-order valence-corrected chi connectivity index (χ2v) is 8.05. The van der Waals surface area contributed by atoms with E-state index in [9.17, 15) is 9.18 Å². The Bertz CT molecular complexity index is 1050. The zero-order valence-electron chi connectivity index (χ0n) is 16.2. The van der Waals surface area contributed by atoms with Gasteiger partial charge in [0.1, 0.15) is 11.5 Å². The molecule has 0 atom stereocenters. The molecule has 1 fully saturated rings. The number of nitrogens with zero attached hydrogens (tertiary/aromatic N) is 3. The Labute approximate surface area is 184 Å². The molecule has 1 aliphatic heterocycles. The predicted octanol–water partition coefficient (Wildman–Crippen LogP) is 4.81. The molecule has 3 aromatic rings. The predicted molar refractivity (Wildman–Crippen MR) is 117 cm³/mol. The maximum absolute atomic E-state index is 13.3. The monoisotopic (exact) mass is 446 g/mol. The van der Waals surface area contributed by atoms with Crippen molar-refractivity contribution in [2.45, 2.75) is 12.8 Å². The molecule has 1 aliphatic rings. The lowest BCUT2D eigenvalue weighted by atomic mass is 10.1. The third-order valence-electron chi connectivity index (χ3n) is 5.14. The van der Waals surface area contributed by atoms with Crippen LogP contribution >= 0.6 is 23.2 Å². The molecule has 8 heteroatoms. The summed E-state index contributed by atoms with van der Waals surface area (Å²) in [6.07, 6.45) is 2.41. The van der Waals surface area contributed by atoms with Crippen molar-refractivity contribution in [2.75, 3.05) is 26.2 Å². The third kappa shape index (κ3) is 4.67. The molecule has 0 saturated carbocycles. The fourth-order valence-corrected chi connectivity index (χ4v) is 3.83. The van der Waals surface area contributed by atoms with Gasteiger partial charge in [0, 0.05) is 18.7 Å². The lowest BCUT2D eigenvalue weighted by molar-refractivity contribution is 0.0942. The summed E-state index contributed by atoms with van der Waals surface area (Å²) in [4.78, 5) is 15.3. The van der Waals surface area contributed by atoms with E-state index < -0.39 is 0 Å². The maximum atomic E-state index is 13.3. The second kappa shape index (κ2) is 9.16. The highest BCUT2D eigenvalue weighted by molar-refractivity contribution is 6.42. The van der Waals surface area contributed by atoms with Crippen LogP contribution in [0.2, 0.25) is 10.0 Å². The van der Waals surface area contributed by atoms with Crippen LogP contribution in [0, 0.1) is 5.82 Å². The second-order valence-electron chi connectivity index (χ2n) is 7.24. The Morgan fingerprint density at radius 2 is 1.77 bits per heavy atom. The molecular formula is C22H21Cl2FN4O. The summed E-state index contributed by atoms with van der Waals surface area (Å²) in [6.45, 7) is 3.52. The molecule has 156 valence electrons. The van der Waals surface area contributed by atoms with E-state index in [1.165, 1.54) is 29.7 Å². The Morgan fingerprint density at radius 1 is 1.03 bits per heavy atom. The number of benzene rings is 2. The van der Waals surface area contributed by atoms with Gasteiger partial charge in [-0.2, -0.15) is 5.10 Å². The van der Waals surface area contributed by atoms with Crippen LogP contribution in [0.3, 0.4) is 0 Å². The Balaban J connectivity index is 1.63. The molecule has 1 aromatic heterocycles. The molecule has 4 rings (SSSR count). The SMILES string of the molecule is O=C(NCCN1CCCC1)c1cc(-c2ccc(F)cc2)nn1-c1ccc(Cl)c(Cl)c1. The number of hydrogen-bond donors (Lipinski definition) is 1. The first-order valence-corrected chi connectivity index (χ1v) is 10.6. The van der Waals surface area contributed by atoms with Gasteiger partial charge in [0.05, 0.1) is 21.4 Å². The highest BCUT2D eigenvalue weighted by atomic mass is 35.5. The van der Waals surface area contributed by atoms with E-state index in [0.717, 1.165) is 19.6 Å². The molecule has 1 saturated heterocycles. The summed E-state index contributed by atoms with van der Waals surface area (Å²) in [7, 11) is 0. The van der Waals surface area contributed by atoms with E-state index in [1.54, 1.807) is 36.4 Å². The fourth-order valence-electron chi connectivity index (χ4n) is 3.54. The minimum absolute atomic E-state index is 0.235. The summed E-state index contributed by atoms with van der Waals surface area (Å²) >= 11 is 12.2. The first-order chi connectivity index (χ1) is 14.5. The van der Waals surface area contributed by atoms with Crippen molar-refractivity contribution in [3.8, 4) is 16.9 Å². The topological polar surface area (TPSA) is 50.2 Å². The summed E-state index contributed by atoms with van der Waals surface area (Å²) < 4.78 is 14.8. The first kappa shape index (κ1) is 20.8. The maximum Gasteiger partial charge on any atom is 0.270 e. The van der Waals surface area contributed by atoms with E-state index in [0.29, 0.717) is 39.2 Å². The number of aromatic nitrogens is 2. The van der Waals surface area contributed by atoms with Crippen molar-refractivity contribution < 1.29 is 9.18 Å². The van der Waals surface area contributed by atoms with Gasteiger partial charge in [0.25, 0.3) is 5.91 Å². The zero-order valence-corrected chi connectivity index (χ0v) is 17.8. The van der Waals surface area contributed by atoms with E-state index in [-0.39, 0.29) is 11.7 Å². The molecule has 30 heavy (non-hydrogen) atoms. The molecular weight excluding hydrogens is 426 g/mol. The van der Waals surface area contributed by atoms with Gasteiger partial charge < -0.3 is 10.2 Å². The number of rotatable bonds is 6. The van der Waals surface area contributed by atoms with E-state index in [1.807, 2.05) is 0 Å². The van der Waals surface area contributed by atoms with Crippen LogP contribution in [0.5, 0.6) is 0 Å². The number of hydrogen-bond acceptors (Lipinski definition) is 3. The molecule has 0 aliphatic carbocycles. The average molecular weight is 447 g/mol. The van der Waals surface area contributed by atoms with Gasteiger partial charge in [-0.3, -0.25) is 4.79 Å². The molecule has 0 radical (unpaired) electrons. The Morgan fingerprint density at radius 3 is 2.47 bits per heavy atom. The number of carbonyl (C=O) groups excluding carboxylic acids is 1. The van der Waals surface area contributed by atoms with E-state index >= 15 is 0 Å². The number of carbonyl (C=O) groups is 1. The summed E-state index contributed by atoms with van der Waals surface area (Å²) in [5, 5.41) is 8.34. The van der Waals surface area contributed by atoms with Crippen molar-refractivity contribution in [3.05, 3.63) is 70.1 Å². The molecule has 5 nitrogen and oxygen atoms in total. The third-order valence-corrected chi connectivity index (χ3v) is 5.88. The van der Waals surface area contributed by atoms with Gasteiger partial charge in [-0.05, 0) is 74.5 Å². The molecule has 2 heterocycles. The summed E-state index contributed by atoms with van der Waals surface area (Å²) in [5.74, 6) is -0.566. The lowest BCUT2D eigenvalue weighted by Gasteiger charge is -2.15. The quantitative estimate of drug-likeness (QED) is 0.590. The highest BCUT2D eigenvalue weighted by Crippen LogP contribution is 2.27. The minimum Gasteiger partial charge on any atom is -0.349 e. The van der Waals surface area contributed by atoms with Crippen LogP contribution in [-0.4, -0.2) is 46.8 Å². The standard InChI is InChI=1S/C22H21Cl2FN4O/c23-18-8-7-17(13-19(18)24)29-21(22(30)26-9-12-28-10-1-2-11-28)14-20(27-29)15-3-5-16(25)6-4-15/h3-8,13-14H,1-2,9-12H2,(H,26,30). The van der Waals surface area contributed by atoms with Crippen molar-refractivity contribution in [1.29, 1.82) is 0 Å². The number of likely N-dealkylation sites (tertiary alicyclic amines) is 1. The smallest absolute Gasteiger partial charge is 0.270 e.